The Bertz CT molecular complexity index is 924. The molecule has 0 aliphatic rings. The number of hydrogen-bond acceptors (Lipinski definition) is 7. The van der Waals surface area contributed by atoms with Gasteiger partial charge in [0.05, 0.1) is 22.8 Å². The molecule has 0 spiro atoms. The lowest BCUT2D eigenvalue weighted by Crippen LogP contribution is -2.22. The maximum atomic E-state index is 11.6. The molecule has 0 aliphatic carbocycles. The van der Waals surface area contributed by atoms with Crippen LogP contribution in [0.25, 0.3) is 0 Å². The Balaban J connectivity index is 2.32. The fraction of sp³-hybridized carbons (Fsp3) is 0.188. The van der Waals surface area contributed by atoms with Crippen LogP contribution in [-0.4, -0.2) is 39.5 Å². The van der Waals surface area contributed by atoms with Crippen LogP contribution in [0.3, 0.4) is 0 Å². The third-order valence-electron chi connectivity index (χ3n) is 3.36. The van der Waals surface area contributed by atoms with Gasteiger partial charge in [0.2, 0.25) is 5.91 Å². The molecule has 0 saturated heterocycles. The van der Waals surface area contributed by atoms with E-state index in [9.17, 15) is 13.2 Å². The second-order valence-electron chi connectivity index (χ2n) is 5.52. The lowest BCUT2D eigenvalue weighted by Gasteiger charge is -2.15. The number of carbonyl (C=O) groups is 1. The highest BCUT2D eigenvalue weighted by Crippen LogP contribution is 2.31. The first kappa shape index (κ1) is 19.5. The van der Waals surface area contributed by atoms with E-state index in [1.165, 1.54) is 24.3 Å². The summed E-state index contributed by atoms with van der Waals surface area (Å²) in [5.74, 6) is -0.366. The van der Waals surface area contributed by atoms with Crippen LogP contribution < -0.4 is 16.0 Å². The monoisotopic (exact) mass is 377 g/mol. The molecule has 2 rings (SSSR count). The van der Waals surface area contributed by atoms with Crippen molar-refractivity contribution in [1.82, 2.24) is 0 Å². The lowest BCUT2D eigenvalue weighted by molar-refractivity contribution is -0.114. The highest BCUT2D eigenvalue weighted by Gasteiger charge is 2.10. The van der Waals surface area contributed by atoms with Gasteiger partial charge >= 0.3 is 0 Å². The van der Waals surface area contributed by atoms with E-state index in [0.29, 0.717) is 17.1 Å². The summed E-state index contributed by atoms with van der Waals surface area (Å²) in [6.45, 7) is -0.167. The molecular formula is C16H19N5O4S. The molecule has 0 aliphatic heterocycles. The highest BCUT2D eigenvalue weighted by atomic mass is 32.2. The van der Waals surface area contributed by atoms with E-state index in [1.54, 1.807) is 12.1 Å². The van der Waals surface area contributed by atoms with E-state index in [0.717, 1.165) is 5.69 Å². The topological polar surface area (TPSA) is 137 Å². The number of azo groups is 1. The summed E-state index contributed by atoms with van der Waals surface area (Å²) in [7, 11) is -0.533. The van der Waals surface area contributed by atoms with Crippen LogP contribution in [0, 0.1) is 0 Å². The minimum Gasteiger partial charge on any atom is -0.378 e. The predicted molar refractivity (Wildman–Crippen MR) is 98.9 cm³/mol. The summed E-state index contributed by atoms with van der Waals surface area (Å²) in [6, 6.07) is 10.5. The average molecular weight is 377 g/mol. The number of anilines is 2. The number of benzene rings is 2. The Morgan fingerprint density at radius 3 is 2.35 bits per heavy atom. The smallest absolute Gasteiger partial charge is 0.294 e. The van der Waals surface area contributed by atoms with Gasteiger partial charge in [-0.15, -0.1) is 5.11 Å². The van der Waals surface area contributed by atoms with Gasteiger partial charge in [0.1, 0.15) is 5.69 Å². The van der Waals surface area contributed by atoms with Gasteiger partial charge in [-0.3, -0.25) is 9.35 Å². The quantitative estimate of drug-likeness (QED) is 0.522. The molecule has 1 amide bonds. The number of hydrogen-bond donors (Lipinski definition) is 3. The predicted octanol–water partition coefficient (Wildman–Crippen LogP) is 2.31. The normalized spacial score (nSPS) is 11.5. The summed E-state index contributed by atoms with van der Waals surface area (Å²) < 4.78 is 31.0. The van der Waals surface area contributed by atoms with Crippen molar-refractivity contribution in [2.75, 3.05) is 30.9 Å². The Hall–Kier alpha value is -2.82. The molecule has 26 heavy (non-hydrogen) atoms. The molecule has 0 radical (unpaired) electrons. The molecule has 0 atom stereocenters. The maximum Gasteiger partial charge on any atom is 0.294 e. The Kier molecular flexibility index (Phi) is 6.03. The van der Waals surface area contributed by atoms with E-state index in [1.807, 2.05) is 25.1 Å². The average Bonchev–Trinajstić information content (AvgIpc) is 2.60. The number of carbonyl (C=O) groups excluding carboxylic acids is 1. The molecule has 2 aromatic rings. The van der Waals surface area contributed by atoms with Crippen molar-refractivity contribution in [2.45, 2.75) is 4.90 Å². The fourth-order valence-corrected chi connectivity index (χ4v) is 2.47. The van der Waals surface area contributed by atoms with Gasteiger partial charge in [0.25, 0.3) is 10.1 Å². The van der Waals surface area contributed by atoms with Gasteiger partial charge in [-0.1, -0.05) is 0 Å². The van der Waals surface area contributed by atoms with Crippen LogP contribution in [0.15, 0.2) is 57.6 Å². The van der Waals surface area contributed by atoms with Gasteiger partial charge in [-0.2, -0.15) is 13.5 Å². The van der Waals surface area contributed by atoms with Crippen molar-refractivity contribution < 1.29 is 17.8 Å². The summed E-state index contributed by atoms with van der Waals surface area (Å²) in [5.41, 5.74) is 7.43. The van der Waals surface area contributed by atoms with Crippen molar-refractivity contribution in [2.24, 2.45) is 16.0 Å². The fourth-order valence-electron chi connectivity index (χ4n) is 1.99. The van der Waals surface area contributed by atoms with E-state index >= 15 is 0 Å². The first-order chi connectivity index (χ1) is 12.2. The second-order valence-corrected chi connectivity index (χ2v) is 6.94. The van der Waals surface area contributed by atoms with E-state index < -0.39 is 10.1 Å². The van der Waals surface area contributed by atoms with Crippen LogP contribution in [-0.2, 0) is 14.9 Å². The van der Waals surface area contributed by atoms with Gasteiger partial charge < -0.3 is 16.0 Å². The highest BCUT2D eigenvalue weighted by molar-refractivity contribution is 7.85. The van der Waals surface area contributed by atoms with E-state index in [4.69, 9.17) is 10.3 Å². The molecule has 0 fully saturated rings. The summed E-state index contributed by atoms with van der Waals surface area (Å²) >= 11 is 0. The van der Waals surface area contributed by atoms with Crippen molar-refractivity contribution in [3.8, 4) is 0 Å². The minimum absolute atomic E-state index is 0.167. The number of nitrogens with one attached hydrogen (secondary N) is 1. The molecule has 4 N–H and O–H groups in total. The number of amides is 1. The SMILES string of the molecule is CN(C)c1ccc(/N=N/c2ccc(S(=O)(=O)O)cc2)c(NC(=O)CN)c1. The number of nitrogens with two attached hydrogens (primary N) is 1. The second kappa shape index (κ2) is 8.04. The minimum atomic E-state index is -4.26. The van der Waals surface area contributed by atoms with Crippen LogP contribution in [0.4, 0.5) is 22.7 Å². The van der Waals surface area contributed by atoms with Gasteiger partial charge in [-0.25, -0.2) is 0 Å². The van der Waals surface area contributed by atoms with Gasteiger partial charge in [0, 0.05) is 19.8 Å². The summed E-state index contributed by atoms with van der Waals surface area (Å²) in [5, 5.41) is 10.8. The standard InChI is InChI=1S/C16H19N5O4S/c1-21(2)12-5-8-14(15(9-12)18-16(22)10-17)20-19-11-3-6-13(7-4-11)26(23,24)25/h3-9H,10,17H2,1-2H3,(H,18,22)(H,23,24,25)/b20-19+. The van der Waals surface area contributed by atoms with Crippen LogP contribution in [0.2, 0.25) is 0 Å². The molecule has 2 aromatic carbocycles. The molecular weight excluding hydrogens is 358 g/mol. The number of nitrogens with zero attached hydrogens (tertiary/aromatic N) is 3. The third kappa shape index (κ3) is 5.09. The molecule has 10 heteroatoms. The zero-order valence-electron chi connectivity index (χ0n) is 14.2. The van der Waals surface area contributed by atoms with Crippen LogP contribution in [0.5, 0.6) is 0 Å². The zero-order chi connectivity index (χ0) is 19.3. The van der Waals surface area contributed by atoms with Crippen molar-refractivity contribution in [1.29, 1.82) is 0 Å². The molecule has 0 aromatic heterocycles. The molecule has 138 valence electrons. The van der Waals surface area contributed by atoms with Crippen molar-refractivity contribution in [3.05, 3.63) is 42.5 Å². The first-order valence-corrected chi connectivity index (χ1v) is 8.95. The van der Waals surface area contributed by atoms with Crippen LogP contribution >= 0.6 is 0 Å². The Morgan fingerprint density at radius 1 is 1.15 bits per heavy atom. The van der Waals surface area contributed by atoms with E-state index in [-0.39, 0.29) is 17.3 Å². The molecule has 0 unspecified atom stereocenters. The summed E-state index contributed by atoms with van der Waals surface area (Å²) in [4.78, 5) is 13.3. The third-order valence-corrected chi connectivity index (χ3v) is 4.23. The zero-order valence-corrected chi connectivity index (χ0v) is 15.1. The molecule has 0 heterocycles. The molecule has 9 nitrogen and oxygen atoms in total. The lowest BCUT2D eigenvalue weighted by atomic mass is 10.2. The maximum absolute atomic E-state index is 11.6. The van der Waals surface area contributed by atoms with Gasteiger partial charge in [0.15, 0.2) is 0 Å². The van der Waals surface area contributed by atoms with Crippen molar-refractivity contribution >= 4 is 38.8 Å². The van der Waals surface area contributed by atoms with Crippen LogP contribution in [0.1, 0.15) is 0 Å². The van der Waals surface area contributed by atoms with Gasteiger partial charge in [-0.05, 0) is 42.5 Å². The first-order valence-electron chi connectivity index (χ1n) is 7.51. The summed E-state index contributed by atoms with van der Waals surface area (Å²) in [6.07, 6.45) is 0. The Morgan fingerprint density at radius 2 is 1.81 bits per heavy atom. The number of rotatable bonds is 6. The van der Waals surface area contributed by atoms with Crippen molar-refractivity contribution in [3.63, 3.8) is 0 Å². The molecule has 0 saturated carbocycles. The largest absolute Gasteiger partial charge is 0.378 e. The van der Waals surface area contributed by atoms with E-state index in [2.05, 4.69) is 15.5 Å². The Labute approximate surface area is 151 Å². The molecule has 0 bridgehead atoms.